The molecule has 0 aromatic heterocycles. The molecule has 1 heterocycles. The Kier molecular flexibility index (Phi) is 8.39. The molecule has 1 fully saturated rings. The van der Waals surface area contributed by atoms with Crippen LogP contribution >= 0.6 is 23.2 Å². The molecule has 0 aliphatic carbocycles. The van der Waals surface area contributed by atoms with Gasteiger partial charge in [0.15, 0.2) is 0 Å². The number of hydrogen-bond acceptors (Lipinski definition) is 4. The number of sulfonamides is 1. The van der Waals surface area contributed by atoms with E-state index >= 15 is 0 Å². The summed E-state index contributed by atoms with van der Waals surface area (Å²) in [6, 6.07) is 11.5. The second-order valence-corrected chi connectivity index (χ2v) is 11.1. The number of carbonyl (C=O) groups excluding carboxylic acids is 2. The zero-order valence-electron chi connectivity index (χ0n) is 18.5. The summed E-state index contributed by atoms with van der Waals surface area (Å²) in [5.41, 5.74) is 1.31. The van der Waals surface area contributed by atoms with Gasteiger partial charge in [0, 0.05) is 35.1 Å². The molecule has 1 aliphatic heterocycles. The first-order chi connectivity index (χ1) is 15.6. The van der Waals surface area contributed by atoms with Gasteiger partial charge in [-0.25, -0.2) is 12.7 Å². The first-order valence-electron chi connectivity index (χ1n) is 10.7. The van der Waals surface area contributed by atoms with E-state index in [0.29, 0.717) is 39.7 Å². The van der Waals surface area contributed by atoms with Gasteiger partial charge >= 0.3 is 0 Å². The number of rotatable bonds is 7. The van der Waals surface area contributed by atoms with Gasteiger partial charge in [-0.3, -0.25) is 9.59 Å². The highest BCUT2D eigenvalue weighted by Crippen LogP contribution is 2.27. The monoisotopic (exact) mass is 511 g/mol. The SMILES string of the molecule is CC(C)NC(=O)c1ccccc1NC(=O)C1CCN(S(=O)(=O)Cc2ccc(Cl)cc2Cl)CC1. The van der Waals surface area contributed by atoms with Crippen molar-refractivity contribution in [1.29, 1.82) is 0 Å². The second-order valence-electron chi connectivity index (χ2n) is 8.33. The summed E-state index contributed by atoms with van der Waals surface area (Å²) in [6.45, 7) is 4.20. The fraction of sp³-hybridized carbons (Fsp3) is 0.391. The Labute approximate surface area is 204 Å². The van der Waals surface area contributed by atoms with Crippen LogP contribution in [0.4, 0.5) is 5.69 Å². The van der Waals surface area contributed by atoms with Gasteiger partial charge in [-0.1, -0.05) is 41.4 Å². The molecule has 10 heteroatoms. The Bertz CT molecular complexity index is 1130. The van der Waals surface area contributed by atoms with E-state index in [2.05, 4.69) is 10.6 Å². The van der Waals surface area contributed by atoms with Crippen LogP contribution in [0.15, 0.2) is 42.5 Å². The standard InChI is InChI=1S/C23H27Cl2N3O4S/c1-15(2)26-23(30)19-5-3-4-6-21(19)27-22(29)16-9-11-28(12-10-16)33(31,32)14-17-7-8-18(24)13-20(17)25/h3-8,13,15-16H,9-12,14H2,1-2H3,(H,26,30)(H,27,29). The number of piperidine rings is 1. The van der Waals surface area contributed by atoms with Crippen molar-refractivity contribution in [2.75, 3.05) is 18.4 Å². The van der Waals surface area contributed by atoms with Crippen LogP contribution in [-0.2, 0) is 20.6 Å². The predicted molar refractivity (Wildman–Crippen MR) is 131 cm³/mol. The smallest absolute Gasteiger partial charge is 0.253 e. The van der Waals surface area contributed by atoms with Crippen LogP contribution in [0, 0.1) is 5.92 Å². The summed E-state index contributed by atoms with van der Waals surface area (Å²) < 4.78 is 27.1. The number of anilines is 1. The van der Waals surface area contributed by atoms with Crippen molar-refractivity contribution in [3.05, 3.63) is 63.6 Å². The zero-order valence-corrected chi connectivity index (χ0v) is 20.8. The maximum absolute atomic E-state index is 12.9. The normalized spacial score (nSPS) is 15.4. The average molecular weight is 512 g/mol. The lowest BCUT2D eigenvalue weighted by atomic mass is 9.97. The Morgan fingerprint density at radius 3 is 2.39 bits per heavy atom. The van der Waals surface area contributed by atoms with E-state index in [1.807, 2.05) is 13.8 Å². The number of amides is 2. The van der Waals surface area contributed by atoms with E-state index in [1.165, 1.54) is 10.4 Å². The highest BCUT2D eigenvalue weighted by molar-refractivity contribution is 7.88. The number of halogens is 2. The van der Waals surface area contributed by atoms with Crippen molar-refractivity contribution in [1.82, 2.24) is 9.62 Å². The lowest BCUT2D eigenvalue weighted by Gasteiger charge is -2.30. The molecule has 3 rings (SSSR count). The largest absolute Gasteiger partial charge is 0.350 e. The van der Waals surface area contributed by atoms with Crippen molar-refractivity contribution in [3.63, 3.8) is 0 Å². The molecule has 2 amide bonds. The molecule has 0 bridgehead atoms. The first-order valence-corrected chi connectivity index (χ1v) is 13.1. The molecule has 0 saturated carbocycles. The first kappa shape index (κ1) is 25.5. The van der Waals surface area contributed by atoms with Crippen LogP contribution in [0.1, 0.15) is 42.6 Å². The summed E-state index contributed by atoms with van der Waals surface area (Å²) in [5, 5.41) is 6.41. The van der Waals surface area contributed by atoms with Gasteiger partial charge in [0.05, 0.1) is 17.0 Å². The molecular weight excluding hydrogens is 485 g/mol. The minimum absolute atomic E-state index is 0.0321. The molecule has 2 aromatic rings. The summed E-state index contributed by atoms with van der Waals surface area (Å²) in [5.74, 6) is -1.06. The van der Waals surface area contributed by atoms with Crippen LogP contribution in [0.5, 0.6) is 0 Å². The van der Waals surface area contributed by atoms with Crippen LogP contribution in [0.3, 0.4) is 0 Å². The van der Waals surface area contributed by atoms with Gasteiger partial charge in [-0.2, -0.15) is 0 Å². The van der Waals surface area contributed by atoms with Crippen molar-refractivity contribution in [3.8, 4) is 0 Å². The molecule has 2 N–H and O–H groups in total. The molecule has 1 aliphatic rings. The molecule has 0 spiro atoms. The van der Waals surface area contributed by atoms with Crippen LogP contribution in [0.2, 0.25) is 10.0 Å². The Morgan fingerprint density at radius 2 is 1.76 bits per heavy atom. The molecule has 2 aromatic carbocycles. The molecular formula is C23H27Cl2N3O4S. The fourth-order valence-corrected chi connectivity index (χ4v) is 5.84. The number of benzene rings is 2. The molecule has 178 valence electrons. The van der Waals surface area contributed by atoms with Gasteiger partial charge in [0.2, 0.25) is 15.9 Å². The van der Waals surface area contributed by atoms with Gasteiger partial charge < -0.3 is 10.6 Å². The lowest BCUT2D eigenvalue weighted by molar-refractivity contribution is -0.120. The van der Waals surface area contributed by atoms with Crippen LogP contribution < -0.4 is 10.6 Å². The lowest BCUT2D eigenvalue weighted by Crippen LogP contribution is -2.42. The molecule has 7 nitrogen and oxygen atoms in total. The molecule has 0 atom stereocenters. The van der Waals surface area contributed by atoms with Crippen LogP contribution in [-0.4, -0.2) is 43.7 Å². The molecule has 33 heavy (non-hydrogen) atoms. The summed E-state index contributed by atoms with van der Waals surface area (Å²) >= 11 is 12.0. The highest BCUT2D eigenvalue weighted by Gasteiger charge is 2.32. The maximum Gasteiger partial charge on any atom is 0.253 e. The minimum Gasteiger partial charge on any atom is -0.350 e. The number of nitrogens with one attached hydrogen (secondary N) is 2. The van der Waals surface area contributed by atoms with Crippen molar-refractivity contribution < 1.29 is 18.0 Å². The third-order valence-corrected chi connectivity index (χ3v) is 7.84. The number of carbonyl (C=O) groups is 2. The van der Waals surface area contributed by atoms with E-state index in [1.54, 1.807) is 36.4 Å². The maximum atomic E-state index is 12.9. The summed E-state index contributed by atoms with van der Waals surface area (Å²) in [4.78, 5) is 25.3. The Hall–Kier alpha value is -2.13. The summed E-state index contributed by atoms with van der Waals surface area (Å²) in [6.07, 6.45) is 0.777. The number of nitrogens with zero attached hydrogens (tertiary/aromatic N) is 1. The van der Waals surface area contributed by atoms with E-state index < -0.39 is 10.0 Å². The van der Waals surface area contributed by atoms with Crippen molar-refractivity contribution in [2.24, 2.45) is 5.92 Å². The third kappa shape index (κ3) is 6.69. The van der Waals surface area contributed by atoms with Crippen molar-refractivity contribution in [2.45, 2.75) is 38.5 Å². The third-order valence-electron chi connectivity index (χ3n) is 5.42. The van der Waals surface area contributed by atoms with E-state index in [0.717, 1.165) is 0 Å². The number of para-hydroxylation sites is 1. The van der Waals surface area contributed by atoms with E-state index in [-0.39, 0.29) is 42.6 Å². The van der Waals surface area contributed by atoms with E-state index in [4.69, 9.17) is 23.2 Å². The van der Waals surface area contributed by atoms with Crippen LogP contribution in [0.25, 0.3) is 0 Å². The minimum atomic E-state index is -3.59. The zero-order chi connectivity index (χ0) is 24.2. The van der Waals surface area contributed by atoms with Gasteiger partial charge in [0.25, 0.3) is 5.91 Å². The van der Waals surface area contributed by atoms with Gasteiger partial charge in [0.1, 0.15) is 0 Å². The Balaban J connectivity index is 1.61. The molecule has 1 saturated heterocycles. The van der Waals surface area contributed by atoms with Gasteiger partial charge in [-0.05, 0) is 56.5 Å². The second kappa shape index (κ2) is 10.9. The fourth-order valence-electron chi connectivity index (χ4n) is 3.69. The summed E-state index contributed by atoms with van der Waals surface area (Å²) in [7, 11) is -3.59. The Morgan fingerprint density at radius 1 is 1.09 bits per heavy atom. The average Bonchev–Trinajstić information content (AvgIpc) is 2.75. The quantitative estimate of drug-likeness (QED) is 0.578. The molecule has 0 unspecified atom stereocenters. The highest BCUT2D eigenvalue weighted by atomic mass is 35.5. The molecule has 0 radical (unpaired) electrons. The van der Waals surface area contributed by atoms with Gasteiger partial charge in [-0.15, -0.1) is 0 Å². The van der Waals surface area contributed by atoms with Crippen molar-refractivity contribution >= 4 is 50.7 Å². The predicted octanol–water partition coefficient (Wildman–Crippen LogP) is 4.31. The topological polar surface area (TPSA) is 95.6 Å². The van der Waals surface area contributed by atoms with E-state index in [9.17, 15) is 18.0 Å². The number of hydrogen-bond donors (Lipinski definition) is 2.